The Morgan fingerprint density at radius 3 is 2.52 bits per heavy atom. The average Bonchev–Trinajstić information content (AvgIpc) is 3.16. The van der Waals surface area contributed by atoms with Gasteiger partial charge >= 0.3 is 0 Å². The van der Waals surface area contributed by atoms with Crippen molar-refractivity contribution < 1.29 is 22.3 Å². The van der Waals surface area contributed by atoms with Gasteiger partial charge in [-0.1, -0.05) is 29.5 Å². The molecule has 0 aliphatic heterocycles. The summed E-state index contributed by atoms with van der Waals surface area (Å²) < 4.78 is 46.9. The Morgan fingerprint density at radius 2 is 1.77 bits per heavy atom. The number of carbonyl (C=O) groups excluding carboxylic acids is 1. The zero-order chi connectivity index (χ0) is 22.0. The van der Waals surface area contributed by atoms with Crippen molar-refractivity contribution in [2.24, 2.45) is 0 Å². The second-order valence-corrected chi connectivity index (χ2v) is 9.10. The van der Waals surface area contributed by atoms with E-state index in [2.05, 4.69) is 15.0 Å². The molecule has 1 amide bonds. The molecule has 0 unspecified atom stereocenters. The third kappa shape index (κ3) is 4.35. The van der Waals surface area contributed by atoms with Crippen molar-refractivity contribution in [2.75, 3.05) is 17.1 Å². The Labute approximate surface area is 181 Å². The fourth-order valence-corrected chi connectivity index (χ4v) is 4.85. The number of fused-ring (bicyclic) bond motifs is 1. The van der Waals surface area contributed by atoms with Gasteiger partial charge in [0.25, 0.3) is 15.9 Å². The van der Waals surface area contributed by atoms with Crippen LogP contribution < -0.4 is 14.8 Å². The first-order chi connectivity index (χ1) is 14.9. The third-order valence-electron chi connectivity index (χ3n) is 4.36. The molecule has 0 saturated heterocycles. The van der Waals surface area contributed by atoms with Crippen molar-refractivity contribution >= 4 is 48.3 Å². The number of carbonyl (C=O) groups is 1. The summed E-state index contributed by atoms with van der Waals surface area (Å²) in [5.41, 5.74) is 0.818. The van der Waals surface area contributed by atoms with Gasteiger partial charge in [0.2, 0.25) is 0 Å². The van der Waals surface area contributed by atoms with Gasteiger partial charge in [0.15, 0.2) is 5.13 Å². The summed E-state index contributed by atoms with van der Waals surface area (Å²) in [5, 5.41) is 3.05. The molecule has 1 heterocycles. The lowest BCUT2D eigenvalue weighted by Crippen LogP contribution is -2.18. The highest BCUT2D eigenvalue weighted by molar-refractivity contribution is 7.92. The molecular weight excluding hydrogens is 441 g/mol. The average molecular weight is 458 g/mol. The molecule has 3 aromatic carbocycles. The molecule has 158 valence electrons. The van der Waals surface area contributed by atoms with E-state index in [1.54, 1.807) is 18.2 Å². The van der Waals surface area contributed by atoms with Crippen LogP contribution in [0.25, 0.3) is 10.2 Å². The van der Waals surface area contributed by atoms with Crippen LogP contribution in [-0.4, -0.2) is 26.4 Å². The van der Waals surface area contributed by atoms with Crippen LogP contribution in [0.5, 0.6) is 5.75 Å². The number of anilines is 2. The first-order valence-corrected chi connectivity index (χ1v) is 11.3. The number of aromatic nitrogens is 1. The maximum absolute atomic E-state index is 13.1. The van der Waals surface area contributed by atoms with Gasteiger partial charge in [-0.05, 0) is 48.5 Å². The minimum atomic E-state index is -4.01. The van der Waals surface area contributed by atoms with E-state index in [0.717, 1.165) is 29.0 Å². The number of ether oxygens (including phenoxy) is 1. The van der Waals surface area contributed by atoms with Gasteiger partial charge in [0, 0.05) is 0 Å². The Bertz CT molecular complexity index is 1370. The number of hydrogen-bond acceptors (Lipinski definition) is 6. The molecule has 31 heavy (non-hydrogen) atoms. The molecule has 7 nitrogen and oxygen atoms in total. The van der Waals surface area contributed by atoms with Gasteiger partial charge in [-0.25, -0.2) is 17.8 Å². The van der Waals surface area contributed by atoms with Crippen molar-refractivity contribution in [3.05, 3.63) is 78.1 Å². The first kappa shape index (κ1) is 20.8. The Balaban J connectivity index is 1.61. The summed E-state index contributed by atoms with van der Waals surface area (Å²) in [7, 11) is -2.48. The lowest BCUT2D eigenvalue weighted by molar-refractivity contribution is 0.102. The normalized spacial score (nSPS) is 11.3. The van der Waals surface area contributed by atoms with Crippen LogP contribution in [-0.2, 0) is 10.0 Å². The number of nitrogens with zero attached hydrogens (tertiary/aromatic N) is 1. The van der Waals surface area contributed by atoms with Crippen LogP contribution in [0.1, 0.15) is 10.4 Å². The number of hydrogen-bond donors (Lipinski definition) is 2. The molecule has 4 aromatic rings. The van der Waals surface area contributed by atoms with Crippen LogP contribution in [0.2, 0.25) is 0 Å². The molecule has 4 rings (SSSR count). The fraction of sp³-hybridized carbons (Fsp3) is 0.0476. The fourth-order valence-electron chi connectivity index (χ4n) is 2.89. The first-order valence-electron chi connectivity index (χ1n) is 9.00. The summed E-state index contributed by atoms with van der Waals surface area (Å²) in [6.07, 6.45) is 0. The van der Waals surface area contributed by atoms with Crippen LogP contribution in [0.4, 0.5) is 15.2 Å². The molecule has 0 aliphatic carbocycles. The van der Waals surface area contributed by atoms with Gasteiger partial charge < -0.3 is 4.74 Å². The molecule has 0 spiro atoms. The number of benzene rings is 3. The van der Waals surface area contributed by atoms with E-state index >= 15 is 0 Å². The van der Waals surface area contributed by atoms with Gasteiger partial charge in [0.05, 0.1) is 28.0 Å². The van der Waals surface area contributed by atoms with Crippen LogP contribution in [0, 0.1) is 5.82 Å². The standard InChI is InChI=1S/C21H16FN3O4S2/c1-29-17-7-4-8-18-19(17)23-21(30-18)24-20(26)15-5-2-3-6-16(15)25-31(27,28)14-11-9-13(22)10-12-14/h2-12,25H,1H3,(H,23,24,26). The lowest BCUT2D eigenvalue weighted by atomic mass is 10.2. The van der Waals surface area contributed by atoms with E-state index in [-0.39, 0.29) is 16.1 Å². The van der Waals surface area contributed by atoms with E-state index in [4.69, 9.17) is 4.74 Å². The van der Waals surface area contributed by atoms with E-state index < -0.39 is 21.7 Å². The third-order valence-corrected chi connectivity index (χ3v) is 6.68. The summed E-state index contributed by atoms with van der Waals surface area (Å²) >= 11 is 1.27. The summed E-state index contributed by atoms with van der Waals surface area (Å²) in [6.45, 7) is 0. The number of sulfonamides is 1. The van der Waals surface area contributed by atoms with E-state index in [9.17, 15) is 17.6 Å². The molecule has 0 atom stereocenters. The highest BCUT2D eigenvalue weighted by Gasteiger charge is 2.20. The van der Waals surface area contributed by atoms with Crippen molar-refractivity contribution in [3.63, 3.8) is 0 Å². The highest BCUT2D eigenvalue weighted by Crippen LogP contribution is 2.32. The van der Waals surface area contributed by atoms with Crippen LogP contribution in [0.15, 0.2) is 71.6 Å². The number of amides is 1. The van der Waals surface area contributed by atoms with E-state index in [1.165, 1.54) is 30.6 Å². The smallest absolute Gasteiger partial charge is 0.261 e. The van der Waals surface area contributed by atoms with Crippen LogP contribution in [0.3, 0.4) is 0 Å². The zero-order valence-electron chi connectivity index (χ0n) is 16.1. The molecule has 0 bridgehead atoms. The Kier molecular flexibility index (Phi) is 5.57. The molecule has 0 aliphatic rings. The molecule has 0 saturated carbocycles. The van der Waals surface area contributed by atoms with Crippen molar-refractivity contribution in [3.8, 4) is 5.75 Å². The molecule has 2 N–H and O–H groups in total. The number of methoxy groups -OCH3 is 1. The Morgan fingerprint density at radius 1 is 1.03 bits per heavy atom. The lowest BCUT2D eigenvalue weighted by Gasteiger charge is -2.12. The minimum Gasteiger partial charge on any atom is -0.494 e. The monoisotopic (exact) mass is 457 g/mol. The quantitative estimate of drug-likeness (QED) is 0.444. The molecule has 0 radical (unpaired) electrons. The Hall–Kier alpha value is -3.50. The number of halogens is 1. The van der Waals surface area contributed by atoms with Gasteiger partial charge in [0.1, 0.15) is 17.1 Å². The number of thiazole rings is 1. The topological polar surface area (TPSA) is 97.4 Å². The largest absolute Gasteiger partial charge is 0.494 e. The van der Waals surface area contributed by atoms with Crippen LogP contribution >= 0.6 is 11.3 Å². The van der Waals surface area contributed by atoms with Crippen molar-refractivity contribution in [1.82, 2.24) is 4.98 Å². The van der Waals surface area contributed by atoms with Crippen molar-refractivity contribution in [1.29, 1.82) is 0 Å². The second kappa shape index (κ2) is 8.32. The number of para-hydroxylation sites is 2. The zero-order valence-corrected chi connectivity index (χ0v) is 17.8. The summed E-state index contributed by atoms with van der Waals surface area (Å²) in [5.74, 6) is -0.497. The minimum absolute atomic E-state index is 0.0861. The van der Waals surface area contributed by atoms with Gasteiger partial charge in [-0.2, -0.15) is 0 Å². The van der Waals surface area contributed by atoms with E-state index in [1.807, 2.05) is 12.1 Å². The molecule has 10 heteroatoms. The summed E-state index contributed by atoms with van der Waals surface area (Å²) in [6, 6.07) is 16.0. The SMILES string of the molecule is COc1cccc2sc(NC(=O)c3ccccc3NS(=O)(=O)c3ccc(F)cc3)nc12. The molecule has 0 fully saturated rings. The second-order valence-electron chi connectivity index (χ2n) is 6.39. The number of nitrogens with one attached hydrogen (secondary N) is 2. The maximum Gasteiger partial charge on any atom is 0.261 e. The highest BCUT2D eigenvalue weighted by atomic mass is 32.2. The molecular formula is C21H16FN3O4S2. The van der Waals surface area contributed by atoms with Gasteiger partial charge in [-0.15, -0.1) is 0 Å². The van der Waals surface area contributed by atoms with Crippen molar-refractivity contribution in [2.45, 2.75) is 4.90 Å². The predicted octanol–water partition coefficient (Wildman–Crippen LogP) is 4.50. The van der Waals surface area contributed by atoms with E-state index in [0.29, 0.717) is 16.4 Å². The predicted molar refractivity (Wildman–Crippen MR) is 118 cm³/mol. The maximum atomic E-state index is 13.1. The molecule has 1 aromatic heterocycles. The summed E-state index contributed by atoms with van der Waals surface area (Å²) in [4.78, 5) is 17.1. The number of rotatable bonds is 6. The van der Waals surface area contributed by atoms with Gasteiger partial charge in [-0.3, -0.25) is 14.8 Å².